The zero-order valence-electron chi connectivity index (χ0n) is 12.0. The Morgan fingerprint density at radius 2 is 1.96 bits per heavy atom. The smallest absolute Gasteiger partial charge is 0.234 e. The van der Waals surface area contributed by atoms with Crippen LogP contribution in [0.1, 0.15) is 5.56 Å². The minimum absolute atomic E-state index is 0.125. The summed E-state index contributed by atoms with van der Waals surface area (Å²) >= 11 is 13.4. The minimum atomic E-state index is -0.125. The van der Waals surface area contributed by atoms with Gasteiger partial charge in [0.05, 0.1) is 16.5 Å². The van der Waals surface area contributed by atoms with E-state index in [9.17, 15) is 4.79 Å². The monoisotopic (exact) mass is 369 g/mol. The summed E-state index contributed by atoms with van der Waals surface area (Å²) in [5, 5.41) is 3.75. The molecular weight excluding hydrogens is 357 g/mol. The van der Waals surface area contributed by atoms with E-state index in [0.717, 1.165) is 17.1 Å². The number of fused-ring (bicyclic) bond motifs is 1. The first-order chi connectivity index (χ1) is 11.1. The maximum atomic E-state index is 12.0. The zero-order chi connectivity index (χ0) is 16.2. The molecule has 1 aliphatic rings. The van der Waals surface area contributed by atoms with Gasteiger partial charge < -0.3 is 14.8 Å². The molecule has 0 aromatic heterocycles. The number of hydrogen-bond acceptors (Lipinski definition) is 4. The van der Waals surface area contributed by atoms with Crippen molar-refractivity contribution in [1.82, 2.24) is 0 Å². The van der Waals surface area contributed by atoms with Crippen molar-refractivity contribution in [2.24, 2.45) is 0 Å². The van der Waals surface area contributed by atoms with Crippen molar-refractivity contribution in [3.8, 4) is 11.5 Å². The van der Waals surface area contributed by atoms with Crippen LogP contribution in [0.5, 0.6) is 11.5 Å². The lowest BCUT2D eigenvalue weighted by atomic mass is 10.2. The van der Waals surface area contributed by atoms with Crippen molar-refractivity contribution in [2.45, 2.75) is 5.75 Å². The number of rotatable bonds is 5. The van der Waals surface area contributed by atoms with E-state index >= 15 is 0 Å². The number of nitrogens with one attached hydrogen (secondary N) is 1. The lowest BCUT2D eigenvalue weighted by molar-refractivity contribution is -0.113. The minimum Gasteiger partial charge on any atom is -0.454 e. The quantitative estimate of drug-likeness (QED) is 0.836. The molecular formula is C16H13Cl2NO3S. The molecule has 0 radical (unpaired) electrons. The van der Waals surface area contributed by atoms with Crippen LogP contribution in [-0.2, 0) is 10.5 Å². The van der Waals surface area contributed by atoms with Crippen molar-refractivity contribution < 1.29 is 14.3 Å². The molecule has 1 heterocycles. The second-order valence-corrected chi connectivity index (χ2v) is 6.68. The van der Waals surface area contributed by atoms with Crippen LogP contribution >= 0.6 is 35.0 Å². The van der Waals surface area contributed by atoms with Gasteiger partial charge in [-0.1, -0.05) is 29.3 Å². The average Bonchev–Trinajstić information content (AvgIpc) is 2.98. The molecule has 120 valence electrons. The maximum Gasteiger partial charge on any atom is 0.234 e. The third-order valence-electron chi connectivity index (χ3n) is 3.14. The third-order valence-corrected chi connectivity index (χ3v) is 4.71. The summed E-state index contributed by atoms with van der Waals surface area (Å²) in [6.07, 6.45) is 0. The van der Waals surface area contributed by atoms with Crippen molar-refractivity contribution >= 4 is 46.6 Å². The molecule has 7 heteroatoms. The molecule has 0 unspecified atom stereocenters. The molecule has 0 spiro atoms. The van der Waals surface area contributed by atoms with E-state index in [0.29, 0.717) is 27.2 Å². The summed E-state index contributed by atoms with van der Waals surface area (Å²) in [6.45, 7) is 0.259. The molecule has 0 bridgehead atoms. The number of benzene rings is 2. The van der Waals surface area contributed by atoms with Crippen molar-refractivity contribution in [1.29, 1.82) is 0 Å². The molecule has 4 nitrogen and oxygen atoms in total. The summed E-state index contributed by atoms with van der Waals surface area (Å²) in [4.78, 5) is 12.0. The van der Waals surface area contributed by atoms with E-state index < -0.39 is 0 Å². The third kappa shape index (κ3) is 4.25. The molecule has 0 saturated heterocycles. The van der Waals surface area contributed by atoms with Crippen LogP contribution in [0.15, 0.2) is 36.4 Å². The van der Waals surface area contributed by atoms with Crippen LogP contribution in [0.2, 0.25) is 10.0 Å². The molecule has 0 fully saturated rings. The number of carbonyl (C=O) groups excluding carboxylic acids is 1. The normalized spacial score (nSPS) is 12.3. The Balaban J connectivity index is 1.50. The fourth-order valence-electron chi connectivity index (χ4n) is 2.07. The number of ether oxygens (including phenoxy) is 2. The van der Waals surface area contributed by atoms with Gasteiger partial charge >= 0.3 is 0 Å². The fraction of sp³-hybridized carbons (Fsp3) is 0.188. The second-order valence-electron chi connectivity index (χ2n) is 4.85. The Morgan fingerprint density at radius 1 is 1.13 bits per heavy atom. The van der Waals surface area contributed by atoms with Gasteiger partial charge in [-0.2, -0.15) is 0 Å². The highest BCUT2D eigenvalue weighted by Gasteiger charge is 2.13. The highest BCUT2D eigenvalue weighted by atomic mass is 35.5. The Hall–Kier alpha value is -1.56. The van der Waals surface area contributed by atoms with Gasteiger partial charge in [0, 0.05) is 10.8 Å². The van der Waals surface area contributed by atoms with E-state index in [2.05, 4.69) is 5.32 Å². The van der Waals surface area contributed by atoms with Crippen LogP contribution < -0.4 is 14.8 Å². The molecule has 1 amide bonds. The standard InChI is InChI=1S/C16H13Cl2NO3S/c17-11-2-3-12(18)13(6-11)19-16(20)8-23-7-10-1-4-14-15(5-10)22-9-21-14/h1-6H,7-9H2,(H,19,20). The summed E-state index contributed by atoms with van der Waals surface area (Å²) in [5.74, 6) is 2.40. The number of anilines is 1. The Kier molecular flexibility index (Phi) is 5.20. The molecule has 2 aromatic rings. The predicted molar refractivity (Wildman–Crippen MR) is 93.8 cm³/mol. The highest BCUT2D eigenvalue weighted by Crippen LogP contribution is 2.33. The SMILES string of the molecule is O=C(CSCc1ccc2c(c1)OCO2)Nc1cc(Cl)ccc1Cl. The summed E-state index contributed by atoms with van der Waals surface area (Å²) in [5.41, 5.74) is 1.60. The van der Waals surface area contributed by atoms with Crippen LogP contribution in [-0.4, -0.2) is 18.5 Å². The first-order valence-corrected chi connectivity index (χ1v) is 8.74. The second kappa shape index (κ2) is 7.34. The molecule has 0 aliphatic carbocycles. The van der Waals surface area contributed by atoms with Crippen molar-refractivity contribution in [2.75, 3.05) is 17.9 Å². The van der Waals surface area contributed by atoms with Gasteiger partial charge in [-0.15, -0.1) is 11.8 Å². The van der Waals surface area contributed by atoms with Gasteiger partial charge in [-0.05, 0) is 35.9 Å². The number of hydrogen-bond donors (Lipinski definition) is 1. The van der Waals surface area contributed by atoms with Gasteiger partial charge in [0.1, 0.15) is 0 Å². The van der Waals surface area contributed by atoms with Gasteiger partial charge in [0.15, 0.2) is 11.5 Å². The molecule has 0 atom stereocenters. The van der Waals surface area contributed by atoms with E-state index in [1.54, 1.807) is 18.2 Å². The van der Waals surface area contributed by atoms with Crippen LogP contribution in [0.4, 0.5) is 5.69 Å². The largest absolute Gasteiger partial charge is 0.454 e. The predicted octanol–water partition coefficient (Wildman–Crippen LogP) is 4.59. The molecule has 0 saturated carbocycles. The fourth-order valence-corrected chi connectivity index (χ4v) is 3.18. The number of carbonyl (C=O) groups is 1. The summed E-state index contributed by atoms with van der Waals surface area (Å²) < 4.78 is 10.6. The number of thioether (sulfide) groups is 1. The number of amides is 1. The highest BCUT2D eigenvalue weighted by molar-refractivity contribution is 7.99. The van der Waals surface area contributed by atoms with E-state index in [1.807, 2.05) is 18.2 Å². The van der Waals surface area contributed by atoms with Gasteiger partial charge in [-0.3, -0.25) is 4.79 Å². The van der Waals surface area contributed by atoms with Crippen LogP contribution in [0.25, 0.3) is 0 Å². The molecule has 1 aliphatic heterocycles. The molecule has 23 heavy (non-hydrogen) atoms. The maximum absolute atomic E-state index is 12.0. The van der Waals surface area contributed by atoms with E-state index in [4.69, 9.17) is 32.7 Å². The Morgan fingerprint density at radius 3 is 2.83 bits per heavy atom. The summed E-state index contributed by atoms with van der Waals surface area (Å²) in [6, 6.07) is 10.7. The first kappa shape index (κ1) is 16.3. The summed E-state index contributed by atoms with van der Waals surface area (Å²) in [7, 11) is 0. The van der Waals surface area contributed by atoms with Gasteiger partial charge in [-0.25, -0.2) is 0 Å². The number of halogens is 2. The topological polar surface area (TPSA) is 47.6 Å². The zero-order valence-corrected chi connectivity index (χ0v) is 14.3. The first-order valence-electron chi connectivity index (χ1n) is 6.83. The Bertz CT molecular complexity index is 739. The van der Waals surface area contributed by atoms with Crippen LogP contribution in [0, 0.1) is 0 Å². The van der Waals surface area contributed by atoms with Crippen molar-refractivity contribution in [3.63, 3.8) is 0 Å². The van der Waals surface area contributed by atoms with Crippen LogP contribution in [0.3, 0.4) is 0 Å². The van der Waals surface area contributed by atoms with Gasteiger partial charge in [0.25, 0.3) is 0 Å². The molecule has 3 rings (SSSR count). The lowest BCUT2D eigenvalue weighted by Gasteiger charge is -2.08. The van der Waals surface area contributed by atoms with E-state index in [1.165, 1.54) is 11.8 Å². The Labute approximate surface area is 148 Å². The van der Waals surface area contributed by atoms with Gasteiger partial charge in [0.2, 0.25) is 12.7 Å². The molecule has 2 aromatic carbocycles. The van der Waals surface area contributed by atoms with E-state index in [-0.39, 0.29) is 12.7 Å². The molecule has 1 N–H and O–H groups in total. The van der Waals surface area contributed by atoms with Crippen molar-refractivity contribution in [3.05, 3.63) is 52.0 Å². The average molecular weight is 370 g/mol. The lowest BCUT2D eigenvalue weighted by Crippen LogP contribution is -2.14.